The van der Waals surface area contributed by atoms with Crippen LogP contribution in [0.2, 0.25) is 0 Å². The number of fused-ring (bicyclic) bond motifs is 1. The number of nitriles is 1. The third-order valence-corrected chi connectivity index (χ3v) is 7.69. The van der Waals surface area contributed by atoms with Crippen molar-refractivity contribution < 1.29 is 4.79 Å². The first-order valence-electron chi connectivity index (χ1n) is 12.7. The zero-order valence-electron chi connectivity index (χ0n) is 21.1. The lowest BCUT2D eigenvalue weighted by molar-refractivity contribution is 0.0659. The maximum Gasteiger partial charge on any atom is 0.261 e. The van der Waals surface area contributed by atoms with E-state index in [9.17, 15) is 14.9 Å². The minimum absolute atomic E-state index is 0.0311. The number of nitrogens with zero attached hydrogens (tertiary/aromatic N) is 5. The van der Waals surface area contributed by atoms with E-state index in [1.54, 1.807) is 6.20 Å². The first-order chi connectivity index (χ1) is 17.4. The van der Waals surface area contributed by atoms with Gasteiger partial charge in [0.05, 0.1) is 24.0 Å². The number of aromatic nitrogens is 3. The lowest BCUT2D eigenvalue weighted by Gasteiger charge is -2.35. The average Bonchev–Trinajstić information content (AvgIpc) is 3.64. The Kier molecular flexibility index (Phi) is 6.54. The molecule has 3 heterocycles. The van der Waals surface area contributed by atoms with E-state index in [4.69, 9.17) is 5.10 Å². The quantitative estimate of drug-likeness (QED) is 0.524. The van der Waals surface area contributed by atoms with E-state index in [0.29, 0.717) is 29.1 Å². The van der Waals surface area contributed by atoms with E-state index in [0.717, 1.165) is 55.5 Å². The predicted molar refractivity (Wildman–Crippen MR) is 139 cm³/mol. The molecule has 2 N–H and O–H groups in total. The van der Waals surface area contributed by atoms with Gasteiger partial charge in [-0.05, 0) is 88.5 Å². The zero-order chi connectivity index (χ0) is 25.4. The number of benzene rings is 1. The minimum Gasteiger partial charge on any atom is -0.339 e. The first kappa shape index (κ1) is 24.1. The highest BCUT2D eigenvalue weighted by atomic mass is 16.2. The van der Waals surface area contributed by atoms with E-state index in [2.05, 4.69) is 28.3 Å². The van der Waals surface area contributed by atoms with Crippen molar-refractivity contribution in [3.8, 4) is 6.07 Å². The van der Waals surface area contributed by atoms with Gasteiger partial charge in [-0.15, -0.1) is 0 Å². The highest BCUT2D eigenvalue weighted by Gasteiger charge is 2.34. The number of likely N-dealkylation sites (tertiary alicyclic amines) is 1. The van der Waals surface area contributed by atoms with Crippen molar-refractivity contribution in [2.75, 3.05) is 32.5 Å². The molecule has 9 heteroatoms. The number of piperidine rings is 1. The fourth-order valence-electron chi connectivity index (χ4n) is 5.32. The third kappa shape index (κ3) is 4.61. The summed E-state index contributed by atoms with van der Waals surface area (Å²) in [5.41, 5.74) is 2.79. The molecule has 36 heavy (non-hydrogen) atoms. The lowest BCUT2D eigenvalue weighted by atomic mass is 10.0. The van der Waals surface area contributed by atoms with Crippen molar-refractivity contribution in [2.24, 2.45) is 5.92 Å². The number of H-pyrrole nitrogens is 1. The molecule has 0 bridgehead atoms. The van der Waals surface area contributed by atoms with Gasteiger partial charge >= 0.3 is 0 Å². The minimum atomic E-state index is -0.226. The van der Waals surface area contributed by atoms with Crippen LogP contribution in [0.5, 0.6) is 0 Å². The first-order valence-corrected chi connectivity index (χ1v) is 12.7. The number of carbonyl (C=O) groups is 1. The molecule has 2 fully saturated rings. The fraction of sp³-hybridized carbons (Fsp3) is 0.481. The second-order valence-corrected chi connectivity index (χ2v) is 10.2. The molecule has 9 nitrogen and oxygen atoms in total. The van der Waals surface area contributed by atoms with Gasteiger partial charge in [-0.3, -0.25) is 14.3 Å². The van der Waals surface area contributed by atoms with E-state index < -0.39 is 0 Å². The molecule has 1 unspecified atom stereocenters. The van der Waals surface area contributed by atoms with Crippen LogP contribution in [-0.4, -0.2) is 63.7 Å². The number of anilines is 2. The zero-order valence-corrected chi connectivity index (χ0v) is 21.1. The fourth-order valence-corrected chi connectivity index (χ4v) is 5.32. The molecule has 5 rings (SSSR count). The summed E-state index contributed by atoms with van der Waals surface area (Å²) < 4.78 is 1.84. The predicted octanol–water partition coefficient (Wildman–Crippen LogP) is 3.81. The Bertz CT molecular complexity index is 1370. The molecule has 1 aliphatic heterocycles. The van der Waals surface area contributed by atoms with Gasteiger partial charge in [-0.2, -0.15) is 10.4 Å². The van der Waals surface area contributed by atoms with Crippen LogP contribution in [0.15, 0.2) is 35.3 Å². The Balaban J connectivity index is 1.41. The Morgan fingerprint density at radius 3 is 2.69 bits per heavy atom. The third-order valence-electron chi connectivity index (χ3n) is 7.69. The number of nitrogens with one attached hydrogen (secondary N) is 2. The maximum absolute atomic E-state index is 13.2. The van der Waals surface area contributed by atoms with Crippen molar-refractivity contribution in [1.82, 2.24) is 24.6 Å². The summed E-state index contributed by atoms with van der Waals surface area (Å²) in [4.78, 5) is 32.9. The molecule has 0 spiro atoms. The summed E-state index contributed by atoms with van der Waals surface area (Å²) in [5.74, 6) is 0.898. The van der Waals surface area contributed by atoms with Gasteiger partial charge in [0.25, 0.3) is 11.5 Å². The molecule has 1 amide bonds. The second kappa shape index (κ2) is 9.78. The summed E-state index contributed by atoms with van der Waals surface area (Å²) in [5, 5.41) is 17.9. The van der Waals surface area contributed by atoms with Crippen molar-refractivity contribution in [3.05, 3.63) is 51.9 Å². The average molecular weight is 488 g/mol. The molecular formula is C27H33N7O2. The Labute approximate surface area is 210 Å². The number of carbonyl (C=O) groups excluding carboxylic acids is 1. The van der Waals surface area contributed by atoms with Crippen molar-refractivity contribution in [2.45, 2.75) is 51.1 Å². The largest absolute Gasteiger partial charge is 0.339 e. The number of pyridine rings is 1. The molecule has 1 saturated carbocycles. The molecule has 2 aliphatic rings. The standard InChI is InChI=1S/C27H33N7O2/c1-17-16-19(6-7-21(17)27(36)33(3)20-10-14-32(2)15-11-20)30-25-24-23(9-13-29-26(24)35)34(31-25)22(8-12-28)18-4-5-18/h6-7,9,13,16,18,20,22H,4-5,8,10-11,14-15H2,1-3H3,(H,29,35)(H,30,31). The number of aryl methyl sites for hydroxylation is 1. The molecule has 0 radical (unpaired) electrons. The van der Waals surface area contributed by atoms with Gasteiger partial charge in [0.2, 0.25) is 0 Å². The van der Waals surface area contributed by atoms with E-state index >= 15 is 0 Å². The van der Waals surface area contributed by atoms with Gasteiger partial charge in [-0.1, -0.05) is 0 Å². The highest BCUT2D eigenvalue weighted by Crippen LogP contribution is 2.43. The van der Waals surface area contributed by atoms with Crippen LogP contribution < -0.4 is 10.9 Å². The highest BCUT2D eigenvalue weighted by molar-refractivity contribution is 5.96. The van der Waals surface area contributed by atoms with Gasteiger partial charge in [-0.25, -0.2) is 0 Å². The van der Waals surface area contributed by atoms with Gasteiger partial charge in [0.1, 0.15) is 5.39 Å². The SMILES string of the molecule is Cc1cc(Nc2nn(C(CC#N)C3CC3)c3cc[nH]c(=O)c23)ccc1C(=O)N(C)C1CCN(C)CC1. The number of rotatable bonds is 7. The lowest BCUT2D eigenvalue weighted by Crippen LogP contribution is -2.44. The van der Waals surface area contributed by atoms with Crippen LogP contribution in [0, 0.1) is 24.2 Å². The molecule has 1 atom stereocenters. The molecule has 2 aromatic heterocycles. The summed E-state index contributed by atoms with van der Waals surface area (Å²) in [6.45, 7) is 3.93. The van der Waals surface area contributed by atoms with Crippen LogP contribution in [0.4, 0.5) is 11.5 Å². The number of hydrogen-bond acceptors (Lipinski definition) is 6. The van der Waals surface area contributed by atoms with E-state index in [1.807, 2.05) is 47.8 Å². The van der Waals surface area contributed by atoms with Crippen molar-refractivity contribution in [1.29, 1.82) is 5.26 Å². The summed E-state index contributed by atoms with van der Waals surface area (Å²) in [6.07, 6.45) is 6.08. The number of aromatic amines is 1. The molecular weight excluding hydrogens is 454 g/mol. The monoisotopic (exact) mass is 487 g/mol. The number of amides is 1. The molecule has 1 aromatic carbocycles. The molecule has 3 aromatic rings. The molecule has 188 valence electrons. The number of hydrogen-bond donors (Lipinski definition) is 2. The van der Waals surface area contributed by atoms with Crippen LogP contribution in [0.1, 0.15) is 54.1 Å². The van der Waals surface area contributed by atoms with Crippen LogP contribution in [0.3, 0.4) is 0 Å². The summed E-state index contributed by atoms with van der Waals surface area (Å²) in [7, 11) is 4.01. The summed E-state index contributed by atoms with van der Waals surface area (Å²) in [6, 6.07) is 9.95. The van der Waals surface area contributed by atoms with Gasteiger partial charge in [0, 0.05) is 30.5 Å². The van der Waals surface area contributed by atoms with Gasteiger partial charge < -0.3 is 20.1 Å². The van der Waals surface area contributed by atoms with Crippen molar-refractivity contribution >= 4 is 28.3 Å². The topological polar surface area (TPSA) is 110 Å². The normalized spacial score (nSPS) is 17.6. The van der Waals surface area contributed by atoms with Crippen LogP contribution >= 0.6 is 0 Å². The van der Waals surface area contributed by atoms with Crippen LogP contribution in [0.25, 0.3) is 10.9 Å². The molecule has 1 saturated heterocycles. The summed E-state index contributed by atoms with van der Waals surface area (Å²) >= 11 is 0. The van der Waals surface area contributed by atoms with Crippen molar-refractivity contribution in [3.63, 3.8) is 0 Å². The Morgan fingerprint density at radius 1 is 1.28 bits per heavy atom. The smallest absolute Gasteiger partial charge is 0.261 e. The Morgan fingerprint density at radius 2 is 2.03 bits per heavy atom. The van der Waals surface area contributed by atoms with E-state index in [1.165, 1.54) is 0 Å². The Hall–Kier alpha value is -3.64. The molecule has 1 aliphatic carbocycles. The van der Waals surface area contributed by atoms with Gasteiger partial charge in [0.15, 0.2) is 5.82 Å². The van der Waals surface area contributed by atoms with Crippen LogP contribution in [-0.2, 0) is 0 Å². The second-order valence-electron chi connectivity index (χ2n) is 10.2. The van der Waals surface area contributed by atoms with E-state index in [-0.39, 0.29) is 23.6 Å². The maximum atomic E-state index is 13.2.